The molecule has 0 aliphatic heterocycles. The summed E-state index contributed by atoms with van der Waals surface area (Å²) in [7, 11) is 0. The smallest absolute Gasteiger partial charge is 0.303 e. The quantitative estimate of drug-likeness (QED) is 0.614. The van der Waals surface area contributed by atoms with Crippen LogP contribution in [0.2, 0.25) is 0 Å². The molecular weight excluding hydrogens is 376 g/mol. The summed E-state index contributed by atoms with van der Waals surface area (Å²) in [6.45, 7) is 9.04. The first-order valence-corrected chi connectivity index (χ1v) is 12.2. The van der Waals surface area contributed by atoms with Gasteiger partial charge in [-0.1, -0.05) is 26.8 Å². The molecule has 0 aromatic rings. The molecule has 4 heteroatoms. The van der Waals surface area contributed by atoms with E-state index in [-0.39, 0.29) is 35.2 Å². The van der Waals surface area contributed by atoms with Crippen LogP contribution in [0.25, 0.3) is 0 Å². The van der Waals surface area contributed by atoms with Crippen LogP contribution < -0.4 is 0 Å². The average molecular weight is 417 g/mol. The lowest BCUT2D eigenvalue weighted by Crippen LogP contribution is -2.58. The second-order valence-electron chi connectivity index (χ2n) is 11.5. The number of hydrogen-bond acceptors (Lipinski definition) is 3. The summed E-state index contributed by atoms with van der Waals surface area (Å²) in [6, 6.07) is 0. The van der Waals surface area contributed by atoms with Gasteiger partial charge in [0.2, 0.25) is 0 Å². The minimum atomic E-state index is -0.705. The summed E-state index contributed by atoms with van der Waals surface area (Å²) < 4.78 is 0. The second kappa shape index (κ2) is 7.76. The molecule has 0 amide bonds. The van der Waals surface area contributed by atoms with Gasteiger partial charge >= 0.3 is 5.97 Å². The number of ketones is 1. The van der Waals surface area contributed by atoms with Crippen LogP contribution in [0.3, 0.4) is 0 Å². The highest BCUT2D eigenvalue weighted by atomic mass is 16.4. The van der Waals surface area contributed by atoms with Crippen molar-refractivity contribution in [1.82, 2.24) is 0 Å². The third-order valence-electron chi connectivity index (χ3n) is 10.3. The molecule has 4 aliphatic rings. The van der Waals surface area contributed by atoms with Crippen molar-refractivity contribution < 1.29 is 19.8 Å². The minimum absolute atomic E-state index is 0.114. The highest BCUT2D eigenvalue weighted by molar-refractivity contribution is 5.99. The van der Waals surface area contributed by atoms with E-state index >= 15 is 0 Å². The van der Waals surface area contributed by atoms with Gasteiger partial charge in [-0.3, -0.25) is 9.59 Å². The van der Waals surface area contributed by atoms with Crippen LogP contribution in [0.4, 0.5) is 0 Å². The zero-order chi connectivity index (χ0) is 21.8. The molecule has 1 unspecified atom stereocenters. The van der Waals surface area contributed by atoms with E-state index in [1.54, 1.807) is 0 Å². The molecular formula is C26H40O4. The zero-order valence-corrected chi connectivity index (χ0v) is 19.2. The van der Waals surface area contributed by atoms with E-state index in [0.717, 1.165) is 56.9 Å². The van der Waals surface area contributed by atoms with E-state index in [1.807, 2.05) is 13.0 Å². The Morgan fingerprint density at radius 1 is 1.13 bits per heavy atom. The first-order chi connectivity index (χ1) is 14.1. The largest absolute Gasteiger partial charge is 0.481 e. The number of rotatable bonds is 4. The number of aliphatic hydroxyl groups excluding tert-OH is 1. The molecule has 4 rings (SSSR count). The molecule has 0 radical (unpaired) electrons. The number of aliphatic hydroxyl groups is 1. The van der Waals surface area contributed by atoms with Crippen LogP contribution in [0, 0.1) is 46.3 Å². The van der Waals surface area contributed by atoms with Gasteiger partial charge in [0.1, 0.15) is 0 Å². The van der Waals surface area contributed by atoms with Crippen LogP contribution >= 0.6 is 0 Å². The lowest BCUT2D eigenvalue weighted by molar-refractivity contribution is -0.150. The summed E-state index contributed by atoms with van der Waals surface area (Å²) in [5, 5.41) is 19.5. The number of hydrogen-bond donors (Lipinski definition) is 2. The van der Waals surface area contributed by atoms with E-state index in [9.17, 15) is 14.7 Å². The standard InChI is InChI=1S/C26H40O4/c1-5-17-21-14-16(27)10-12-26(21,4)20-11-13-25(3)18(15(2)6-9-22(28)29)7-8-19(25)23(20)24(17)30/h5,15-16,18-21,23,27H,6-14H2,1-4H3,(H,28,29)/t15?,16-,18-,19+,20+,21+,23+,25-,26-/m1/s1. The molecule has 4 nitrogen and oxygen atoms in total. The van der Waals surface area contributed by atoms with Gasteiger partial charge in [0, 0.05) is 12.3 Å². The van der Waals surface area contributed by atoms with E-state index in [4.69, 9.17) is 5.11 Å². The number of carboxylic acids is 1. The van der Waals surface area contributed by atoms with Gasteiger partial charge in [0.15, 0.2) is 5.78 Å². The molecule has 0 aromatic heterocycles. The topological polar surface area (TPSA) is 74.6 Å². The Labute approximate surface area is 181 Å². The molecule has 4 aliphatic carbocycles. The molecule has 4 fully saturated rings. The number of aliphatic carboxylic acids is 1. The van der Waals surface area contributed by atoms with Crippen LogP contribution in [0.5, 0.6) is 0 Å². The highest BCUT2D eigenvalue weighted by Gasteiger charge is 2.64. The Balaban J connectivity index is 1.64. The SMILES string of the molecule is CC=C1C(=O)[C@@H]2[C@H](CC[C@]3(C)[C@@H](C(C)CCC(=O)O)CC[C@@H]23)[C@@]2(C)CC[C@@H](O)C[C@@H]12. The number of carbonyl (C=O) groups excluding carboxylic acids is 1. The Morgan fingerprint density at radius 2 is 1.80 bits per heavy atom. The average Bonchev–Trinajstić information content (AvgIpc) is 3.05. The lowest BCUT2D eigenvalue weighted by Gasteiger charge is -2.61. The molecule has 0 spiro atoms. The molecule has 0 bridgehead atoms. The van der Waals surface area contributed by atoms with Crippen molar-refractivity contribution in [2.75, 3.05) is 0 Å². The number of carbonyl (C=O) groups is 2. The monoisotopic (exact) mass is 416 g/mol. The molecule has 4 saturated carbocycles. The molecule has 9 atom stereocenters. The minimum Gasteiger partial charge on any atom is -0.481 e. The van der Waals surface area contributed by atoms with E-state index in [1.165, 1.54) is 0 Å². The maximum atomic E-state index is 13.8. The number of fused-ring (bicyclic) bond motifs is 5. The number of allylic oxidation sites excluding steroid dienone is 2. The molecule has 168 valence electrons. The highest BCUT2D eigenvalue weighted by Crippen LogP contribution is 2.68. The van der Waals surface area contributed by atoms with E-state index in [2.05, 4.69) is 20.8 Å². The van der Waals surface area contributed by atoms with Crippen molar-refractivity contribution in [2.45, 2.75) is 91.6 Å². The maximum absolute atomic E-state index is 13.8. The molecule has 30 heavy (non-hydrogen) atoms. The summed E-state index contributed by atoms with van der Waals surface area (Å²) in [4.78, 5) is 24.9. The first-order valence-electron chi connectivity index (χ1n) is 12.2. The van der Waals surface area contributed by atoms with Gasteiger partial charge < -0.3 is 10.2 Å². The van der Waals surface area contributed by atoms with E-state index < -0.39 is 5.97 Å². The fourth-order valence-corrected chi connectivity index (χ4v) is 8.72. The summed E-state index contributed by atoms with van der Waals surface area (Å²) >= 11 is 0. The van der Waals surface area contributed by atoms with Crippen molar-refractivity contribution >= 4 is 11.8 Å². The van der Waals surface area contributed by atoms with Gasteiger partial charge in [-0.25, -0.2) is 0 Å². The normalized spacial score (nSPS) is 48.0. The molecule has 2 N–H and O–H groups in total. The van der Waals surface area contributed by atoms with Crippen molar-refractivity contribution in [3.8, 4) is 0 Å². The van der Waals surface area contributed by atoms with Crippen LogP contribution in [-0.4, -0.2) is 28.1 Å². The lowest BCUT2D eigenvalue weighted by atomic mass is 9.43. The number of Topliss-reactive ketones (excluding diaryl/α,β-unsaturated/α-hetero) is 1. The predicted octanol–water partition coefficient (Wildman–Crippen LogP) is 5.24. The molecule has 0 saturated heterocycles. The third-order valence-corrected chi connectivity index (χ3v) is 10.3. The Kier molecular flexibility index (Phi) is 5.70. The van der Waals surface area contributed by atoms with Gasteiger partial charge in [0.05, 0.1) is 6.10 Å². The summed E-state index contributed by atoms with van der Waals surface area (Å²) in [5.74, 6) is 1.74. The summed E-state index contributed by atoms with van der Waals surface area (Å²) in [6.07, 6.45) is 9.86. The number of carboxylic acid groups (broad SMARTS) is 1. The van der Waals surface area contributed by atoms with Crippen LogP contribution in [0.15, 0.2) is 11.6 Å². The fraction of sp³-hybridized carbons (Fsp3) is 0.846. The van der Waals surface area contributed by atoms with E-state index in [0.29, 0.717) is 29.5 Å². The third kappa shape index (κ3) is 3.20. The zero-order valence-electron chi connectivity index (χ0n) is 19.2. The van der Waals surface area contributed by atoms with Gasteiger partial charge in [-0.2, -0.15) is 0 Å². The predicted molar refractivity (Wildman–Crippen MR) is 117 cm³/mol. The maximum Gasteiger partial charge on any atom is 0.303 e. The van der Waals surface area contributed by atoms with Crippen LogP contribution in [0.1, 0.15) is 85.5 Å². The Hall–Kier alpha value is -1.16. The van der Waals surface area contributed by atoms with Crippen molar-refractivity contribution in [3.63, 3.8) is 0 Å². The fourth-order valence-electron chi connectivity index (χ4n) is 8.72. The summed E-state index contributed by atoms with van der Waals surface area (Å²) in [5.41, 5.74) is 1.25. The first kappa shape index (κ1) is 22.0. The van der Waals surface area contributed by atoms with Crippen molar-refractivity contribution in [2.24, 2.45) is 46.3 Å². The van der Waals surface area contributed by atoms with Gasteiger partial charge in [-0.05, 0) is 104 Å². The molecule has 0 aromatic carbocycles. The molecule has 0 heterocycles. The van der Waals surface area contributed by atoms with Gasteiger partial charge in [-0.15, -0.1) is 0 Å². The Bertz CT molecular complexity index is 741. The second-order valence-corrected chi connectivity index (χ2v) is 11.5. The van der Waals surface area contributed by atoms with Gasteiger partial charge in [0.25, 0.3) is 0 Å². The van der Waals surface area contributed by atoms with Crippen molar-refractivity contribution in [3.05, 3.63) is 11.6 Å². The van der Waals surface area contributed by atoms with Crippen LogP contribution in [-0.2, 0) is 9.59 Å². The Morgan fingerprint density at radius 3 is 2.47 bits per heavy atom. The van der Waals surface area contributed by atoms with Crippen molar-refractivity contribution in [1.29, 1.82) is 0 Å².